The van der Waals surface area contributed by atoms with Crippen molar-refractivity contribution in [2.75, 3.05) is 9.80 Å². The van der Waals surface area contributed by atoms with E-state index in [9.17, 15) is 0 Å². The van der Waals surface area contributed by atoms with Gasteiger partial charge < -0.3 is 9.80 Å². The van der Waals surface area contributed by atoms with Crippen molar-refractivity contribution in [1.82, 2.24) is 0 Å². The third-order valence-electron chi connectivity index (χ3n) is 16.3. The summed E-state index contributed by atoms with van der Waals surface area (Å²) in [7, 11) is 0. The Morgan fingerprint density at radius 1 is 0.286 bits per heavy atom. The second-order valence-corrected chi connectivity index (χ2v) is 22.0. The van der Waals surface area contributed by atoms with Crippen molar-refractivity contribution in [3.8, 4) is 22.3 Å². The molecular weight excluding hydrogens is 929 g/mol. The van der Waals surface area contributed by atoms with Crippen molar-refractivity contribution in [1.29, 1.82) is 0 Å². The van der Waals surface area contributed by atoms with Crippen LogP contribution in [0.2, 0.25) is 0 Å². The van der Waals surface area contributed by atoms with Crippen LogP contribution >= 0.6 is 0 Å². The predicted molar refractivity (Wildman–Crippen MR) is 332 cm³/mol. The second kappa shape index (κ2) is 24.7. The Morgan fingerprint density at radius 2 is 0.571 bits per heavy atom. The van der Waals surface area contributed by atoms with E-state index in [0.717, 1.165) is 48.4 Å². The van der Waals surface area contributed by atoms with Gasteiger partial charge in [-0.2, -0.15) is 0 Å². The van der Waals surface area contributed by atoms with E-state index in [1.807, 2.05) is 0 Å². The van der Waals surface area contributed by atoms with Crippen molar-refractivity contribution in [2.45, 2.75) is 137 Å². The van der Waals surface area contributed by atoms with Crippen LogP contribution in [0.3, 0.4) is 0 Å². The van der Waals surface area contributed by atoms with Crippen molar-refractivity contribution in [2.24, 2.45) is 0 Å². The van der Waals surface area contributed by atoms with E-state index in [1.165, 1.54) is 153 Å². The first-order chi connectivity index (χ1) is 37.8. The minimum absolute atomic E-state index is 0.442. The molecule has 0 aliphatic heterocycles. The Morgan fingerprint density at radius 3 is 0.922 bits per heavy atom. The summed E-state index contributed by atoms with van der Waals surface area (Å²) in [4.78, 5) is 4.82. The topological polar surface area (TPSA) is 6.48 Å². The number of unbranched alkanes of at least 4 members (excludes halogenated alkanes) is 6. The number of anilines is 6. The van der Waals surface area contributed by atoms with Gasteiger partial charge in [0.1, 0.15) is 0 Å². The summed E-state index contributed by atoms with van der Waals surface area (Å²) in [5.41, 5.74) is 25.0. The van der Waals surface area contributed by atoms with E-state index in [4.69, 9.17) is 0 Å². The number of benzene rings is 9. The number of rotatable bonds is 23. The highest BCUT2D eigenvalue weighted by Gasteiger charge is 2.46. The molecule has 0 spiro atoms. The lowest BCUT2D eigenvalue weighted by atomic mass is 9.67. The molecule has 9 aromatic carbocycles. The fourth-order valence-electron chi connectivity index (χ4n) is 12.0. The fraction of sp³-hybridized carbons (Fsp3) is 0.280. The molecule has 9 aromatic rings. The average Bonchev–Trinajstić information content (AvgIpc) is 3.99. The smallest absolute Gasteiger partial charge is 0.0713 e. The van der Waals surface area contributed by atoms with E-state index in [0.29, 0.717) is 0 Å². The van der Waals surface area contributed by atoms with Crippen molar-refractivity contribution in [3.05, 3.63) is 262 Å². The summed E-state index contributed by atoms with van der Waals surface area (Å²) in [5.74, 6) is 0. The highest BCUT2D eigenvalue weighted by Crippen LogP contribution is 2.57. The Hall–Kier alpha value is -7.42. The molecule has 1 aliphatic carbocycles. The molecule has 0 saturated heterocycles. The van der Waals surface area contributed by atoms with Gasteiger partial charge in [-0.25, -0.2) is 0 Å². The van der Waals surface area contributed by atoms with Crippen molar-refractivity contribution >= 4 is 34.1 Å². The van der Waals surface area contributed by atoms with Crippen LogP contribution in [0.4, 0.5) is 34.1 Å². The first kappa shape index (κ1) is 53.0. The van der Waals surface area contributed by atoms with E-state index in [-0.39, 0.29) is 0 Å². The number of fused-ring (bicyclic) bond motifs is 3. The summed E-state index contributed by atoms with van der Waals surface area (Å²) in [6, 6.07) is 79.4. The maximum absolute atomic E-state index is 2.45. The van der Waals surface area contributed by atoms with Crippen LogP contribution in [0.5, 0.6) is 0 Å². The van der Waals surface area contributed by atoms with Crippen LogP contribution in [0.15, 0.2) is 206 Å². The van der Waals surface area contributed by atoms with Gasteiger partial charge >= 0.3 is 0 Å². The lowest BCUT2D eigenvalue weighted by Crippen LogP contribution is -2.28. The molecule has 0 bridgehead atoms. The number of hydrogen-bond donors (Lipinski definition) is 0. The standard InChI is InChI=1S/C75H80N2/c1-7-11-15-16-20-60-23-35-63(36-24-60)75(73-53-55(5)21-51-71(73)72-52-22-56(6)54-74(72)75)64-37-31-61(32-38-64)62-33-45-68(46-34-62)77(67-43-29-59(30-44-67)19-14-10-4)70-49-47-69(48-50-70)76(65-39-25-57(26-40-65)17-12-8-2)66-41-27-58(28-42-66)18-13-9-3/h21-54H,7-20H2,1-6H3. The quantitative estimate of drug-likeness (QED) is 0.0589. The Balaban J connectivity index is 0.993. The molecule has 0 radical (unpaired) electrons. The van der Waals surface area contributed by atoms with Crippen LogP contribution < -0.4 is 9.80 Å². The van der Waals surface area contributed by atoms with Crippen molar-refractivity contribution < 1.29 is 0 Å². The third kappa shape index (κ3) is 11.5. The van der Waals surface area contributed by atoms with Crippen LogP contribution in [-0.2, 0) is 31.1 Å². The molecule has 2 heteroatoms. The lowest BCUT2D eigenvalue weighted by Gasteiger charge is -2.34. The van der Waals surface area contributed by atoms with E-state index >= 15 is 0 Å². The van der Waals surface area contributed by atoms with Gasteiger partial charge in [-0.1, -0.05) is 211 Å². The third-order valence-corrected chi connectivity index (χ3v) is 16.3. The summed E-state index contributed by atoms with van der Waals surface area (Å²) >= 11 is 0. The van der Waals surface area contributed by atoms with Gasteiger partial charge in [0.25, 0.3) is 0 Å². The summed E-state index contributed by atoms with van der Waals surface area (Å²) in [6.07, 6.45) is 16.7. The molecule has 0 atom stereocenters. The lowest BCUT2D eigenvalue weighted by molar-refractivity contribution is 0.666. The fourth-order valence-corrected chi connectivity index (χ4v) is 12.0. The maximum Gasteiger partial charge on any atom is 0.0713 e. The highest BCUT2D eigenvalue weighted by atomic mass is 15.2. The van der Waals surface area contributed by atoms with E-state index < -0.39 is 5.41 Å². The molecule has 0 heterocycles. The van der Waals surface area contributed by atoms with E-state index in [1.54, 1.807) is 0 Å². The Labute approximate surface area is 462 Å². The number of aryl methyl sites for hydroxylation is 6. The monoisotopic (exact) mass is 1010 g/mol. The molecule has 2 nitrogen and oxygen atoms in total. The molecule has 0 N–H and O–H groups in total. The Bertz CT molecular complexity index is 3210. The number of hydrogen-bond acceptors (Lipinski definition) is 2. The zero-order valence-corrected chi connectivity index (χ0v) is 46.9. The van der Waals surface area contributed by atoms with Gasteiger partial charge in [0.05, 0.1) is 5.41 Å². The second-order valence-electron chi connectivity index (χ2n) is 22.0. The molecule has 0 fully saturated rings. The minimum atomic E-state index is -0.442. The maximum atomic E-state index is 2.45. The predicted octanol–water partition coefficient (Wildman–Crippen LogP) is 21.4. The van der Waals surface area contributed by atoms with Gasteiger partial charge in [0.15, 0.2) is 0 Å². The van der Waals surface area contributed by atoms with Gasteiger partial charge in [0.2, 0.25) is 0 Å². The molecule has 0 aromatic heterocycles. The summed E-state index contributed by atoms with van der Waals surface area (Å²) < 4.78 is 0. The largest absolute Gasteiger partial charge is 0.311 e. The van der Waals surface area contributed by atoms with Gasteiger partial charge in [0, 0.05) is 34.1 Å². The highest BCUT2D eigenvalue weighted by molar-refractivity contribution is 5.88. The molecule has 0 unspecified atom stereocenters. The van der Waals surface area contributed by atoms with Gasteiger partial charge in [-0.3, -0.25) is 0 Å². The number of nitrogens with zero attached hydrogens (tertiary/aromatic N) is 2. The molecule has 10 rings (SSSR count). The summed E-state index contributed by atoms with van der Waals surface area (Å²) in [6.45, 7) is 13.6. The first-order valence-corrected chi connectivity index (χ1v) is 29.3. The van der Waals surface area contributed by atoms with Crippen LogP contribution in [0, 0.1) is 13.8 Å². The molecule has 1 aliphatic rings. The molecule has 0 saturated carbocycles. The van der Waals surface area contributed by atoms with Gasteiger partial charge in [-0.15, -0.1) is 0 Å². The molecular formula is C75H80N2. The molecule has 77 heavy (non-hydrogen) atoms. The Kier molecular flexibility index (Phi) is 17.0. The SMILES string of the molecule is CCCCCCc1ccc(C2(c3ccc(-c4ccc(N(c5ccc(CCCC)cc5)c5ccc(N(c6ccc(CCCC)cc6)c6ccc(CCCC)cc6)cc5)cc4)cc3)c3cc(C)ccc3-c3ccc(C)cc32)cc1. The zero-order chi connectivity index (χ0) is 53.1. The van der Waals surface area contributed by atoms with Gasteiger partial charge in [-0.05, 0) is 205 Å². The minimum Gasteiger partial charge on any atom is -0.311 e. The molecule has 0 amide bonds. The van der Waals surface area contributed by atoms with Crippen LogP contribution in [0.25, 0.3) is 22.3 Å². The normalized spacial score (nSPS) is 12.3. The van der Waals surface area contributed by atoms with Crippen molar-refractivity contribution in [3.63, 3.8) is 0 Å². The zero-order valence-electron chi connectivity index (χ0n) is 46.9. The van der Waals surface area contributed by atoms with Crippen LogP contribution in [-0.4, -0.2) is 0 Å². The summed E-state index contributed by atoms with van der Waals surface area (Å²) in [5, 5.41) is 0. The molecule has 390 valence electrons. The first-order valence-electron chi connectivity index (χ1n) is 29.3. The average molecular weight is 1010 g/mol. The van der Waals surface area contributed by atoms with E-state index in [2.05, 4.69) is 258 Å². The van der Waals surface area contributed by atoms with Crippen LogP contribution in [0.1, 0.15) is 148 Å².